The molecule has 2 heteroatoms. The van der Waals surface area contributed by atoms with Gasteiger partial charge in [0.05, 0.1) is 11.1 Å². The van der Waals surface area contributed by atoms with Crippen LogP contribution in [0.15, 0.2) is 6.07 Å². The topological polar surface area (TPSA) is 47.6 Å². The van der Waals surface area contributed by atoms with Crippen LogP contribution in [0.2, 0.25) is 0 Å². The van der Waals surface area contributed by atoms with Crippen LogP contribution in [-0.2, 0) is 0 Å². The van der Waals surface area contributed by atoms with Gasteiger partial charge >= 0.3 is 0 Å². The summed E-state index contributed by atoms with van der Waals surface area (Å²) in [7, 11) is 0. The summed E-state index contributed by atoms with van der Waals surface area (Å²) in [5.74, 6) is 0. The van der Waals surface area contributed by atoms with E-state index in [-0.39, 0.29) is 0 Å². The van der Waals surface area contributed by atoms with Gasteiger partial charge in [-0.3, -0.25) is 0 Å². The van der Waals surface area contributed by atoms with Crippen LogP contribution in [-0.4, -0.2) is 0 Å². The zero-order valence-electron chi connectivity index (χ0n) is 7.97. The average Bonchev–Trinajstić information content (AvgIpc) is 2.10. The molecule has 13 heavy (non-hydrogen) atoms. The molecule has 0 unspecified atom stereocenters. The second-order valence-corrected chi connectivity index (χ2v) is 3.11. The van der Waals surface area contributed by atoms with E-state index in [0.29, 0.717) is 11.1 Å². The van der Waals surface area contributed by atoms with E-state index in [9.17, 15) is 0 Å². The highest BCUT2D eigenvalue weighted by molar-refractivity contribution is 5.56. The Kier molecular flexibility index (Phi) is 2.35. The summed E-state index contributed by atoms with van der Waals surface area (Å²) >= 11 is 0. The molecular formula is C11H10N2. The van der Waals surface area contributed by atoms with Gasteiger partial charge in [-0.05, 0) is 37.5 Å². The lowest BCUT2D eigenvalue weighted by Crippen LogP contribution is -1.95. The summed E-state index contributed by atoms with van der Waals surface area (Å²) in [6, 6.07) is 6.07. The number of hydrogen-bond acceptors (Lipinski definition) is 2. The van der Waals surface area contributed by atoms with Crippen molar-refractivity contribution in [2.45, 2.75) is 20.8 Å². The third kappa shape index (κ3) is 1.39. The second-order valence-electron chi connectivity index (χ2n) is 3.11. The average molecular weight is 170 g/mol. The first-order valence-corrected chi connectivity index (χ1v) is 4.02. The molecule has 0 radical (unpaired) electrons. The Labute approximate surface area is 78.0 Å². The van der Waals surface area contributed by atoms with Crippen LogP contribution in [0.25, 0.3) is 0 Å². The second kappa shape index (κ2) is 3.29. The van der Waals surface area contributed by atoms with E-state index >= 15 is 0 Å². The first-order chi connectivity index (χ1) is 6.11. The normalized spacial score (nSPS) is 9.00. The molecule has 0 aliphatic rings. The van der Waals surface area contributed by atoms with Crippen LogP contribution in [0.5, 0.6) is 0 Å². The minimum atomic E-state index is 0.505. The van der Waals surface area contributed by atoms with E-state index in [1.807, 2.05) is 26.8 Å². The summed E-state index contributed by atoms with van der Waals surface area (Å²) < 4.78 is 0. The number of hydrogen-bond donors (Lipinski definition) is 0. The molecule has 0 atom stereocenters. The maximum Gasteiger partial charge on any atom is 0.101 e. The SMILES string of the molecule is Cc1cc(C)c(C#N)c(C#N)c1C. The van der Waals surface area contributed by atoms with Crippen LogP contribution < -0.4 is 0 Å². The minimum absolute atomic E-state index is 0.505. The molecule has 1 aromatic carbocycles. The fraction of sp³-hybridized carbons (Fsp3) is 0.273. The summed E-state index contributed by atoms with van der Waals surface area (Å²) in [4.78, 5) is 0. The monoisotopic (exact) mass is 170 g/mol. The van der Waals surface area contributed by atoms with Crippen LogP contribution in [0, 0.1) is 43.4 Å². The predicted octanol–water partition coefficient (Wildman–Crippen LogP) is 2.36. The van der Waals surface area contributed by atoms with Crippen molar-refractivity contribution in [2.75, 3.05) is 0 Å². The Morgan fingerprint density at radius 3 is 1.92 bits per heavy atom. The van der Waals surface area contributed by atoms with Crippen LogP contribution in [0.3, 0.4) is 0 Å². The molecule has 0 N–H and O–H groups in total. The highest BCUT2D eigenvalue weighted by atomic mass is 14.3. The fourth-order valence-corrected chi connectivity index (χ4v) is 1.37. The predicted molar refractivity (Wildman–Crippen MR) is 50.1 cm³/mol. The van der Waals surface area contributed by atoms with Gasteiger partial charge in [0.2, 0.25) is 0 Å². The Hall–Kier alpha value is -1.80. The maximum atomic E-state index is 8.88. The standard InChI is InChI=1S/C11H10N2/c1-7-4-8(2)10(5-12)11(6-13)9(7)3/h4H,1-3H3. The van der Waals surface area contributed by atoms with Crippen molar-refractivity contribution >= 4 is 0 Å². The molecule has 0 aromatic heterocycles. The van der Waals surface area contributed by atoms with Crippen LogP contribution >= 0.6 is 0 Å². The van der Waals surface area contributed by atoms with Crippen molar-refractivity contribution in [1.82, 2.24) is 0 Å². The van der Waals surface area contributed by atoms with Gasteiger partial charge in [0.15, 0.2) is 0 Å². The molecule has 1 aromatic rings. The van der Waals surface area contributed by atoms with E-state index in [2.05, 4.69) is 12.1 Å². The first kappa shape index (κ1) is 9.29. The van der Waals surface area contributed by atoms with Crippen LogP contribution in [0.1, 0.15) is 27.8 Å². The maximum absolute atomic E-state index is 8.88. The number of aryl methyl sites for hydroxylation is 2. The molecule has 0 heterocycles. The third-order valence-corrected chi connectivity index (χ3v) is 2.27. The fourth-order valence-electron chi connectivity index (χ4n) is 1.37. The van der Waals surface area contributed by atoms with Gasteiger partial charge < -0.3 is 0 Å². The molecule has 0 bridgehead atoms. The van der Waals surface area contributed by atoms with Gasteiger partial charge in [-0.1, -0.05) is 6.07 Å². The number of nitrogens with zero attached hydrogens (tertiary/aromatic N) is 2. The Bertz CT molecular complexity index is 431. The smallest absolute Gasteiger partial charge is 0.101 e. The molecule has 0 saturated carbocycles. The summed E-state index contributed by atoms with van der Waals surface area (Å²) in [5.41, 5.74) is 3.87. The van der Waals surface area contributed by atoms with Crippen molar-refractivity contribution in [3.63, 3.8) is 0 Å². The molecule has 0 amide bonds. The summed E-state index contributed by atoms with van der Waals surface area (Å²) in [5, 5.41) is 17.7. The van der Waals surface area contributed by atoms with Gasteiger partial charge in [-0.25, -0.2) is 0 Å². The lowest BCUT2D eigenvalue weighted by Gasteiger charge is -2.06. The Morgan fingerprint density at radius 1 is 0.923 bits per heavy atom. The molecule has 0 aliphatic heterocycles. The van der Waals surface area contributed by atoms with Crippen molar-refractivity contribution in [1.29, 1.82) is 10.5 Å². The number of benzene rings is 1. The largest absolute Gasteiger partial charge is 0.192 e. The number of rotatable bonds is 0. The van der Waals surface area contributed by atoms with Gasteiger partial charge in [-0.15, -0.1) is 0 Å². The molecule has 0 aliphatic carbocycles. The van der Waals surface area contributed by atoms with Gasteiger partial charge in [-0.2, -0.15) is 10.5 Å². The summed E-state index contributed by atoms with van der Waals surface area (Å²) in [6.45, 7) is 5.67. The van der Waals surface area contributed by atoms with Gasteiger partial charge in [0.25, 0.3) is 0 Å². The van der Waals surface area contributed by atoms with Crippen LogP contribution in [0.4, 0.5) is 0 Å². The van der Waals surface area contributed by atoms with Gasteiger partial charge in [0, 0.05) is 0 Å². The molecule has 0 saturated heterocycles. The lowest BCUT2D eigenvalue weighted by atomic mass is 9.95. The first-order valence-electron chi connectivity index (χ1n) is 4.02. The van der Waals surface area contributed by atoms with Gasteiger partial charge in [0.1, 0.15) is 12.1 Å². The van der Waals surface area contributed by atoms with Crippen molar-refractivity contribution in [3.05, 3.63) is 33.9 Å². The molecule has 64 valence electrons. The molecule has 0 spiro atoms. The quantitative estimate of drug-likeness (QED) is 0.600. The van der Waals surface area contributed by atoms with Crippen molar-refractivity contribution in [3.8, 4) is 12.1 Å². The van der Waals surface area contributed by atoms with Crippen molar-refractivity contribution < 1.29 is 0 Å². The molecule has 1 rings (SSSR count). The van der Waals surface area contributed by atoms with E-state index < -0.39 is 0 Å². The van der Waals surface area contributed by atoms with E-state index in [1.165, 1.54) is 0 Å². The third-order valence-electron chi connectivity index (χ3n) is 2.27. The summed E-state index contributed by atoms with van der Waals surface area (Å²) in [6.07, 6.45) is 0. The number of nitriles is 2. The van der Waals surface area contributed by atoms with Crippen molar-refractivity contribution in [2.24, 2.45) is 0 Å². The highest BCUT2D eigenvalue weighted by Gasteiger charge is 2.09. The Morgan fingerprint density at radius 2 is 1.46 bits per heavy atom. The van der Waals surface area contributed by atoms with E-state index in [1.54, 1.807) is 0 Å². The van der Waals surface area contributed by atoms with E-state index in [4.69, 9.17) is 10.5 Å². The lowest BCUT2D eigenvalue weighted by molar-refractivity contribution is 1.24. The molecular weight excluding hydrogens is 160 g/mol. The Balaban J connectivity index is 3.66. The minimum Gasteiger partial charge on any atom is -0.192 e. The zero-order chi connectivity index (χ0) is 10.0. The molecule has 0 fully saturated rings. The highest BCUT2D eigenvalue weighted by Crippen LogP contribution is 2.20. The molecule has 2 nitrogen and oxygen atoms in total. The van der Waals surface area contributed by atoms with E-state index in [0.717, 1.165) is 16.7 Å². The zero-order valence-corrected chi connectivity index (χ0v) is 7.97.